The van der Waals surface area contributed by atoms with Gasteiger partial charge in [-0.05, 0) is 141 Å². The number of esters is 3. The van der Waals surface area contributed by atoms with Crippen LogP contribution in [0.2, 0.25) is 0 Å². The van der Waals surface area contributed by atoms with Gasteiger partial charge < -0.3 is 34.2 Å². The molecule has 4 N–H and O–H groups in total. The lowest BCUT2D eigenvalue weighted by Crippen LogP contribution is -2.30. The highest BCUT2D eigenvalue weighted by atomic mass is 31.2. The number of unbranched alkanes of at least 4 members (excludes halogenated alkanes) is 28. The van der Waals surface area contributed by atoms with Crippen LogP contribution < -0.4 is 0 Å². The molecule has 5 unspecified atom stereocenters. The number of hydrogen-bond donors (Lipinski definition) is 4. The summed E-state index contributed by atoms with van der Waals surface area (Å²) in [6.07, 6.45) is 94.6. The largest absolute Gasteiger partial charge is 0.472 e. The zero-order chi connectivity index (χ0) is 75.2. The molecule has 0 amide bonds. The quantitative estimate of drug-likeness (QED) is 0.0146. The highest BCUT2D eigenvalue weighted by Crippen LogP contribution is 2.45. The van der Waals surface area contributed by atoms with Crippen LogP contribution in [0, 0.1) is 0 Å². The molecule has 103 heavy (non-hydrogen) atoms. The molecule has 0 saturated carbocycles. The highest BCUT2D eigenvalue weighted by molar-refractivity contribution is 7.47. The van der Waals surface area contributed by atoms with Crippen LogP contribution >= 0.6 is 15.6 Å². The molecule has 16 nitrogen and oxygen atoms in total. The second-order valence-electron chi connectivity index (χ2n) is 26.5. The number of phosphoric acid groups is 2. The third kappa shape index (κ3) is 78.3. The average molecular weight is 1480 g/mol. The molecular formula is C85H144O16P2. The molecule has 0 aromatic heterocycles. The minimum absolute atomic E-state index is 0.0894. The fourth-order valence-corrected chi connectivity index (χ4v) is 12.1. The van der Waals surface area contributed by atoms with Crippen molar-refractivity contribution in [2.75, 3.05) is 39.6 Å². The van der Waals surface area contributed by atoms with Crippen molar-refractivity contribution in [1.82, 2.24) is 0 Å². The van der Waals surface area contributed by atoms with Crippen molar-refractivity contribution in [3.05, 3.63) is 146 Å². The van der Waals surface area contributed by atoms with Gasteiger partial charge >= 0.3 is 33.6 Å². The van der Waals surface area contributed by atoms with Gasteiger partial charge in [-0.25, -0.2) is 9.13 Å². The maximum atomic E-state index is 13.0. The summed E-state index contributed by atoms with van der Waals surface area (Å²) in [7, 11) is -9.80. The number of hydrogen-bond acceptors (Lipinski definition) is 14. The average Bonchev–Trinajstić information content (AvgIpc) is 0.915. The van der Waals surface area contributed by atoms with Gasteiger partial charge in [-0.15, -0.1) is 0 Å². The molecule has 590 valence electrons. The third-order valence-electron chi connectivity index (χ3n) is 16.5. The molecule has 0 radical (unpaired) electrons. The first-order valence-corrected chi connectivity index (χ1v) is 43.1. The Morgan fingerprint density at radius 3 is 0.825 bits per heavy atom. The van der Waals surface area contributed by atoms with E-state index in [1.165, 1.54) is 70.6 Å². The van der Waals surface area contributed by atoms with Crippen LogP contribution in [0.1, 0.15) is 316 Å². The molecule has 0 saturated heterocycles. The number of carbonyl (C=O) groups is 3. The van der Waals surface area contributed by atoms with Gasteiger partial charge in [0.25, 0.3) is 0 Å². The van der Waals surface area contributed by atoms with Crippen LogP contribution in [0.3, 0.4) is 0 Å². The summed E-state index contributed by atoms with van der Waals surface area (Å²) in [6, 6.07) is 0. The van der Waals surface area contributed by atoms with Gasteiger partial charge in [0.2, 0.25) is 0 Å². The fraction of sp³-hybridized carbons (Fsp3) is 0.682. The van der Waals surface area contributed by atoms with E-state index in [0.29, 0.717) is 19.3 Å². The lowest BCUT2D eigenvalue weighted by Gasteiger charge is -2.21. The number of phosphoric ester groups is 2. The van der Waals surface area contributed by atoms with Crippen LogP contribution in [0.25, 0.3) is 0 Å². The molecule has 5 atom stereocenters. The van der Waals surface area contributed by atoms with Crippen molar-refractivity contribution in [3.8, 4) is 0 Å². The van der Waals surface area contributed by atoms with E-state index in [1.54, 1.807) is 0 Å². The van der Waals surface area contributed by atoms with E-state index in [1.807, 2.05) is 0 Å². The van der Waals surface area contributed by atoms with Crippen molar-refractivity contribution in [3.63, 3.8) is 0 Å². The van der Waals surface area contributed by atoms with E-state index >= 15 is 0 Å². The zero-order valence-electron chi connectivity index (χ0n) is 64.4. The summed E-state index contributed by atoms with van der Waals surface area (Å²) in [5.41, 5.74) is 0. The summed E-state index contributed by atoms with van der Waals surface area (Å²) in [4.78, 5) is 58.7. The van der Waals surface area contributed by atoms with E-state index in [-0.39, 0.29) is 19.3 Å². The van der Waals surface area contributed by atoms with Gasteiger partial charge in [-0.2, -0.15) is 0 Å². The van der Waals surface area contributed by atoms with Gasteiger partial charge in [-0.3, -0.25) is 32.5 Å². The van der Waals surface area contributed by atoms with Crippen LogP contribution in [-0.4, -0.2) is 95.9 Å². The van der Waals surface area contributed by atoms with Crippen LogP contribution in [-0.2, 0) is 55.8 Å². The molecule has 0 aliphatic heterocycles. The number of carbonyl (C=O) groups excluding carboxylic acids is 3. The lowest BCUT2D eigenvalue weighted by atomic mass is 10.1. The molecule has 0 spiro atoms. The SMILES string of the molecule is CC/C=C\C/C=C\C/C=C\C/C=C\C/C=C\C/C=C\CCCCCCCCCCCCC(=O)OCC(O)COP(=O)(O)OCC(O)COP(=O)(O)OCC(COC(=O)CCCCCCCCC/C=C\C/C=C\C/C=C\C/C=C\C/C=C\CC)OC(=O)CCCCCCC/C=C\CCCCCCCC. The minimum atomic E-state index is -4.94. The Kier molecular flexibility index (Phi) is 73.6. The van der Waals surface area contributed by atoms with Crippen LogP contribution in [0.5, 0.6) is 0 Å². The molecule has 0 fully saturated rings. The van der Waals surface area contributed by atoms with Gasteiger partial charge in [0.15, 0.2) is 6.10 Å². The predicted molar refractivity (Wildman–Crippen MR) is 426 cm³/mol. The van der Waals surface area contributed by atoms with Crippen molar-refractivity contribution >= 4 is 33.6 Å². The Morgan fingerprint density at radius 2 is 0.515 bits per heavy atom. The standard InChI is InChI=1S/C85H144O16P2/c1-4-7-10-13-16-19-22-25-28-30-32-34-36-37-38-39-40-41-43-45-46-48-51-53-56-59-62-65-68-71-83(88)95-74-80(86)75-97-102(91,92)98-76-81(87)77-99-103(93,94)100-79-82(101-85(90)73-70-67-64-61-58-55-50-27-24-21-18-15-12-9-6-3)78-96-84(89)72-69-66-63-60-57-54-52-49-47-44-42-35-33-31-29-26-23-20-17-14-11-8-5-2/h7-8,10-11,16-17,19-20,25-29,32-35,37-38,40-41,44,47,50,80-82,86-87H,4-6,9,12-15,18,21-24,30-31,36,39,42-43,45-46,48-49,51-79H2,1-3H3,(H,91,92)(H,93,94)/b10-7-,11-8-,19-16-,20-17-,28-25-,29-26-,34-32-,35-33-,38-37-,41-40-,47-44-,50-27-. The van der Waals surface area contributed by atoms with Gasteiger partial charge in [0, 0.05) is 19.3 Å². The molecule has 0 aromatic carbocycles. The molecule has 0 bridgehead atoms. The molecule has 18 heteroatoms. The topological polar surface area (TPSA) is 231 Å². The monoisotopic (exact) mass is 1480 g/mol. The lowest BCUT2D eigenvalue weighted by molar-refractivity contribution is -0.161. The van der Waals surface area contributed by atoms with E-state index in [4.69, 9.17) is 32.3 Å². The smallest absolute Gasteiger partial charge is 0.463 e. The summed E-state index contributed by atoms with van der Waals surface area (Å²) in [6.45, 7) is 2.43. The Balaban J connectivity index is 4.57. The first kappa shape index (κ1) is 98.4. The van der Waals surface area contributed by atoms with Crippen molar-refractivity contribution < 1.29 is 75.8 Å². The van der Waals surface area contributed by atoms with Crippen molar-refractivity contribution in [2.24, 2.45) is 0 Å². The predicted octanol–water partition coefficient (Wildman–Crippen LogP) is 23.7. The number of rotatable bonds is 75. The molecular weight excluding hydrogens is 1340 g/mol. The van der Waals surface area contributed by atoms with Crippen LogP contribution in [0.15, 0.2) is 146 Å². The zero-order valence-corrected chi connectivity index (χ0v) is 66.2. The molecule has 0 aromatic rings. The second-order valence-corrected chi connectivity index (χ2v) is 29.4. The number of ether oxygens (including phenoxy) is 3. The van der Waals surface area contributed by atoms with Crippen molar-refractivity contribution in [2.45, 2.75) is 334 Å². The van der Waals surface area contributed by atoms with E-state index < -0.39 is 91.5 Å². The second kappa shape index (κ2) is 77.1. The Hall–Kier alpha value is -4.57. The van der Waals surface area contributed by atoms with Gasteiger partial charge in [0.05, 0.1) is 26.4 Å². The summed E-state index contributed by atoms with van der Waals surface area (Å²) in [5.74, 6) is -1.60. The minimum Gasteiger partial charge on any atom is -0.463 e. The molecule has 0 aliphatic carbocycles. The number of aliphatic hydroxyl groups excluding tert-OH is 2. The first-order valence-electron chi connectivity index (χ1n) is 40.1. The Labute approximate surface area is 626 Å². The van der Waals surface area contributed by atoms with Crippen LogP contribution in [0.4, 0.5) is 0 Å². The first-order chi connectivity index (χ1) is 50.2. The number of allylic oxidation sites excluding steroid dienone is 24. The molecule has 0 aliphatic rings. The summed E-state index contributed by atoms with van der Waals surface area (Å²) in [5, 5.41) is 20.6. The van der Waals surface area contributed by atoms with E-state index in [0.717, 1.165) is 186 Å². The summed E-state index contributed by atoms with van der Waals surface area (Å²) < 4.78 is 61.2. The van der Waals surface area contributed by atoms with E-state index in [2.05, 4.69) is 167 Å². The fourth-order valence-electron chi connectivity index (χ4n) is 10.5. The summed E-state index contributed by atoms with van der Waals surface area (Å²) >= 11 is 0. The van der Waals surface area contributed by atoms with Gasteiger partial charge in [-0.1, -0.05) is 301 Å². The maximum absolute atomic E-state index is 13.0. The van der Waals surface area contributed by atoms with Crippen molar-refractivity contribution in [1.29, 1.82) is 0 Å². The highest BCUT2D eigenvalue weighted by Gasteiger charge is 2.29. The molecule has 0 rings (SSSR count). The molecule has 0 heterocycles. The number of aliphatic hydroxyl groups is 2. The Morgan fingerprint density at radius 1 is 0.282 bits per heavy atom. The van der Waals surface area contributed by atoms with Gasteiger partial charge in [0.1, 0.15) is 25.4 Å². The normalized spacial score (nSPS) is 14.7. The Bertz CT molecular complexity index is 2450. The third-order valence-corrected chi connectivity index (χ3v) is 18.4. The maximum Gasteiger partial charge on any atom is 0.472 e. The van der Waals surface area contributed by atoms with E-state index in [9.17, 15) is 43.5 Å².